The van der Waals surface area contributed by atoms with Crippen molar-refractivity contribution in [2.75, 3.05) is 6.54 Å². The molecule has 6 heteroatoms. The van der Waals surface area contributed by atoms with Gasteiger partial charge in [0, 0.05) is 23.7 Å². The van der Waals surface area contributed by atoms with E-state index in [1.54, 1.807) is 22.9 Å². The largest absolute Gasteiger partial charge is 0.352 e. The van der Waals surface area contributed by atoms with Gasteiger partial charge in [-0.15, -0.1) is 11.3 Å². The van der Waals surface area contributed by atoms with Gasteiger partial charge in [-0.2, -0.15) is 0 Å². The zero-order valence-electron chi connectivity index (χ0n) is 11.0. The average Bonchev–Trinajstić information content (AvgIpc) is 2.99. The SMILES string of the molecule is O=C(NCCc1cscn1)c1cc(Cl)nc2ccccc12. The number of hydrogen-bond acceptors (Lipinski definition) is 4. The molecule has 0 aliphatic heterocycles. The summed E-state index contributed by atoms with van der Waals surface area (Å²) in [5, 5.41) is 5.99. The Morgan fingerprint density at radius 1 is 1.33 bits per heavy atom. The number of nitrogens with zero attached hydrogens (tertiary/aromatic N) is 2. The molecule has 2 heterocycles. The van der Waals surface area contributed by atoms with Crippen molar-refractivity contribution in [1.29, 1.82) is 0 Å². The highest BCUT2D eigenvalue weighted by molar-refractivity contribution is 7.07. The molecule has 3 rings (SSSR count). The predicted octanol–water partition coefficient (Wildman–Crippen LogP) is 3.32. The summed E-state index contributed by atoms with van der Waals surface area (Å²) in [6.45, 7) is 0.539. The van der Waals surface area contributed by atoms with Crippen LogP contribution in [-0.4, -0.2) is 22.4 Å². The van der Waals surface area contributed by atoms with Crippen LogP contribution in [-0.2, 0) is 6.42 Å². The number of hydrogen-bond donors (Lipinski definition) is 1. The van der Waals surface area contributed by atoms with Crippen LogP contribution >= 0.6 is 22.9 Å². The van der Waals surface area contributed by atoms with E-state index in [0.717, 1.165) is 16.6 Å². The second-order valence-electron chi connectivity index (χ2n) is 4.50. The maximum Gasteiger partial charge on any atom is 0.252 e. The first-order chi connectivity index (χ1) is 10.2. The number of benzene rings is 1. The van der Waals surface area contributed by atoms with Crippen LogP contribution in [0.2, 0.25) is 5.15 Å². The fourth-order valence-corrected chi connectivity index (χ4v) is 2.88. The van der Waals surface area contributed by atoms with Gasteiger partial charge in [0.25, 0.3) is 5.91 Å². The molecule has 1 aromatic carbocycles. The van der Waals surface area contributed by atoms with Gasteiger partial charge in [-0.05, 0) is 12.1 Å². The van der Waals surface area contributed by atoms with Crippen LogP contribution in [0.15, 0.2) is 41.2 Å². The van der Waals surface area contributed by atoms with Gasteiger partial charge < -0.3 is 5.32 Å². The quantitative estimate of drug-likeness (QED) is 0.751. The number of aromatic nitrogens is 2. The van der Waals surface area contributed by atoms with Crippen LogP contribution in [0, 0.1) is 0 Å². The average molecular weight is 318 g/mol. The number of nitrogens with one attached hydrogen (secondary N) is 1. The van der Waals surface area contributed by atoms with E-state index >= 15 is 0 Å². The second-order valence-corrected chi connectivity index (χ2v) is 5.60. The number of fused-ring (bicyclic) bond motifs is 1. The number of carbonyl (C=O) groups is 1. The molecule has 0 saturated heterocycles. The molecule has 4 nitrogen and oxygen atoms in total. The topological polar surface area (TPSA) is 54.9 Å². The van der Waals surface area contributed by atoms with Crippen molar-refractivity contribution < 1.29 is 4.79 Å². The van der Waals surface area contributed by atoms with Gasteiger partial charge in [0.2, 0.25) is 0 Å². The highest BCUT2D eigenvalue weighted by Gasteiger charge is 2.12. The molecule has 21 heavy (non-hydrogen) atoms. The first-order valence-corrected chi connectivity index (χ1v) is 7.76. The van der Waals surface area contributed by atoms with Gasteiger partial charge in [0.15, 0.2) is 0 Å². The summed E-state index contributed by atoms with van der Waals surface area (Å²) in [5.41, 5.74) is 4.03. The van der Waals surface area contributed by atoms with Crippen LogP contribution in [0.1, 0.15) is 16.1 Å². The van der Waals surface area contributed by atoms with Crippen LogP contribution < -0.4 is 5.32 Å². The zero-order chi connectivity index (χ0) is 14.7. The minimum absolute atomic E-state index is 0.147. The molecular weight excluding hydrogens is 306 g/mol. The summed E-state index contributed by atoms with van der Waals surface area (Å²) >= 11 is 7.53. The van der Waals surface area contributed by atoms with Crippen molar-refractivity contribution in [3.8, 4) is 0 Å². The molecule has 2 aromatic heterocycles. The number of para-hydroxylation sites is 1. The van der Waals surface area contributed by atoms with Crippen molar-refractivity contribution in [2.45, 2.75) is 6.42 Å². The first kappa shape index (κ1) is 14.0. The molecular formula is C15H12ClN3OS. The number of pyridine rings is 1. The summed E-state index contributed by atoms with van der Waals surface area (Å²) in [4.78, 5) is 20.7. The van der Waals surface area contributed by atoms with E-state index in [0.29, 0.717) is 23.7 Å². The van der Waals surface area contributed by atoms with E-state index in [-0.39, 0.29) is 5.91 Å². The smallest absolute Gasteiger partial charge is 0.252 e. The summed E-state index contributed by atoms with van der Waals surface area (Å²) in [6, 6.07) is 9.06. The van der Waals surface area contributed by atoms with Gasteiger partial charge in [-0.25, -0.2) is 9.97 Å². The number of halogens is 1. The van der Waals surface area contributed by atoms with Gasteiger partial charge in [0.1, 0.15) is 5.15 Å². The molecule has 0 aliphatic carbocycles. The fourth-order valence-electron chi connectivity index (χ4n) is 2.09. The molecule has 3 aromatic rings. The van der Waals surface area contributed by atoms with E-state index < -0.39 is 0 Å². The van der Waals surface area contributed by atoms with Crippen LogP contribution in [0.4, 0.5) is 0 Å². The highest BCUT2D eigenvalue weighted by atomic mass is 35.5. The lowest BCUT2D eigenvalue weighted by Gasteiger charge is -2.08. The van der Waals surface area contributed by atoms with Gasteiger partial charge in [0.05, 0.1) is 22.3 Å². The summed E-state index contributed by atoms with van der Waals surface area (Å²) in [5.74, 6) is -0.147. The van der Waals surface area contributed by atoms with E-state index in [9.17, 15) is 4.79 Å². The lowest BCUT2D eigenvalue weighted by Crippen LogP contribution is -2.26. The Morgan fingerprint density at radius 2 is 2.19 bits per heavy atom. The molecule has 1 N–H and O–H groups in total. The Labute approximate surface area is 130 Å². The Kier molecular flexibility index (Phi) is 4.13. The normalized spacial score (nSPS) is 10.7. The van der Waals surface area contributed by atoms with Gasteiger partial charge in [-0.1, -0.05) is 29.8 Å². The van der Waals surface area contributed by atoms with Crippen molar-refractivity contribution in [3.63, 3.8) is 0 Å². The summed E-state index contributed by atoms with van der Waals surface area (Å²) in [7, 11) is 0. The number of amides is 1. The number of carbonyl (C=O) groups excluding carboxylic acids is 1. The molecule has 106 valence electrons. The highest BCUT2D eigenvalue weighted by Crippen LogP contribution is 2.20. The molecule has 0 spiro atoms. The van der Waals surface area contributed by atoms with Crippen molar-refractivity contribution >= 4 is 39.7 Å². The van der Waals surface area contributed by atoms with E-state index in [1.807, 2.05) is 29.6 Å². The van der Waals surface area contributed by atoms with E-state index in [2.05, 4.69) is 15.3 Å². The minimum atomic E-state index is -0.147. The monoisotopic (exact) mass is 317 g/mol. The van der Waals surface area contributed by atoms with E-state index in [1.165, 1.54) is 0 Å². The fraction of sp³-hybridized carbons (Fsp3) is 0.133. The third-order valence-corrected chi connectivity index (χ3v) is 3.91. The number of rotatable bonds is 4. The molecule has 0 fully saturated rings. The Hall–Kier alpha value is -1.98. The zero-order valence-corrected chi connectivity index (χ0v) is 12.6. The van der Waals surface area contributed by atoms with E-state index in [4.69, 9.17) is 11.6 Å². The first-order valence-electron chi connectivity index (χ1n) is 6.44. The second kappa shape index (κ2) is 6.20. The molecule has 0 atom stereocenters. The standard InChI is InChI=1S/C15H12ClN3OS/c16-14-7-12(11-3-1-2-4-13(11)19-14)15(20)17-6-5-10-8-21-9-18-10/h1-4,7-9H,5-6H2,(H,17,20). The molecule has 0 aliphatic rings. The third kappa shape index (κ3) is 3.20. The maximum absolute atomic E-state index is 12.3. The van der Waals surface area contributed by atoms with Crippen molar-refractivity contribution in [1.82, 2.24) is 15.3 Å². The summed E-state index contributed by atoms with van der Waals surface area (Å²) in [6.07, 6.45) is 0.714. The van der Waals surface area contributed by atoms with Crippen molar-refractivity contribution in [2.24, 2.45) is 0 Å². The lowest BCUT2D eigenvalue weighted by molar-refractivity contribution is 0.0955. The third-order valence-electron chi connectivity index (χ3n) is 3.08. The lowest BCUT2D eigenvalue weighted by atomic mass is 10.1. The van der Waals surface area contributed by atoms with Gasteiger partial charge in [-0.3, -0.25) is 4.79 Å². The van der Waals surface area contributed by atoms with Crippen LogP contribution in [0.3, 0.4) is 0 Å². The van der Waals surface area contributed by atoms with Gasteiger partial charge >= 0.3 is 0 Å². The Morgan fingerprint density at radius 3 is 3.00 bits per heavy atom. The molecule has 0 bridgehead atoms. The Bertz CT molecular complexity index is 774. The molecule has 1 amide bonds. The van der Waals surface area contributed by atoms with Crippen molar-refractivity contribution in [3.05, 3.63) is 57.6 Å². The van der Waals surface area contributed by atoms with Crippen LogP contribution in [0.5, 0.6) is 0 Å². The predicted molar refractivity (Wildman–Crippen MR) is 84.9 cm³/mol. The molecule has 0 unspecified atom stereocenters. The molecule has 0 radical (unpaired) electrons. The number of thiazole rings is 1. The maximum atomic E-state index is 12.3. The Balaban J connectivity index is 1.78. The van der Waals surface area contributed by atoms with Crippen LogP contribution in [0.25, 0.3) is 10.9 Å². The molecule has 0 saturated carbocycles. The minimum Gasteiger partial charge on any atom is -0.352 e. The summed E-state index contributed by atoms with van der Waals surface area (Å²) < 4.78 is 0.